The van der Waals surface area contributed by atoms with Crippen LogP contribution in [0, 0.1) is 5.92 Å². The Hall–Kier alpha value is -1.11. The summed E-state index contributed by atoms with van der Waals surface area (Å²) in [6.07, 6.45) is -2.77. The minimum Gasteiger partial charge on any atom is -0.347 e. The van der Waals surface area contributed by atoms with Crippen molar-refractivity contribution >= 4 is 22.8 Å². The SMILES string of the molecule is CC(C)(C)c1nc(N2CCCC(C(F)(F)F)C2)sc1C=O. The Bertz CT molecular complexity index is 519. The Kier molecular flexibility index (Phi) is 4.33. The number of anilines is 1. The average molecular weight is 320 g/mol. The van der Waals surface area contributed by atoms with Crippen molar-refractivity contribution in [3.05, 3.63) is 10.6 Å². The van der Waals surface area contributed by atoms with Crippen LogP contribution >= 0.6 is 11.3 Å². The van der Waals surface area contributed by atoms with E-state index in [0.717, 1.165) is 6.29 Å². The van der Waals surface area contributed by atoms with Crippen molar-refractivity contribution in [3.8, 4) is 0 Å². The van der Waals surface area contributed by atoms with E-state index in [-0.39, 0.29) is 18.4 Å². The monoisotopic (exact) mass is 320 g/mol. The van der Waals surface area contributed by atoms with Crippen molar-refractivity contribution in [1.82, 2.24) is 4.98 Å². The van der Waals surface area contributed by atoms with Crippen LogP contribution in [0.5, 0.6) is 0 Å². The Balaban J connectivity index is 2.26. The van der Waals surface area contributed by atoms with Gasteiger partial charge in [0.15, 0.2) is 11.4 Å². The second-order valence-corrected chi connectivity index (χ2v) is 7.41. The van der Waals surface area contributed by atoms with Crippen molar-refractivity contribution in [2.75, 3.05) is 18.0 Å². The highest BCUT2D eigenvalue weighted by Crippen LogP contribution is 2.38. The molecule has 118 valence electrons. The van der Waals surface area contributed by atoms with E-state index in [9.17, 15) is 18.0 Å². The van der Waals surface area contributed by atoms with E-state index >= 15 is 0 Å². The molecule has 1 aromatic heterocycles. The fraction of sp³-hybridized carbons (Fsp3) is 0.714. The molecular formula is C14H19F3N2OS. The fourth-order valence-electron chi connectivity index (χ4n) is 2.49. The van der Waals surface area contributed by atoms with Crippen LogP contribution in [0.15, 0.2) is 0 Å². The van der Waals surface area contributed by atoms with Gasteiger partial charge < -0.3 is 4.90 Å². The second kappa shape index (κ2) is 5.59. The summed E-state index contributed by atoms with van der Waals surface area (Å²) in [7, 11) is 0. The van der Waals surface area contributed by atoms with Gasteiger partial charge in [-0.3, -0.25) is 4.79 Å². The zero-order valence-electron chi connectivity index (χ0n) is 12.3. The van der Waals surface area contributed by atoms with Crippen LogP contribution in [0.1, 0.15) is 49.0 Å². The van der Waals surface area contributed by atoms with Gasteiger partial charge in [-0.1, -0.05) is 32.1 Å². The van der Waals surface area contributed by atoms with E-state index in [2.05, 4.69) is 4.98 Å². The number of nitrogens with zero attached hydrogens (tertiary/aromatic N) is 2. The number of aromatic nitrogens is 1. The molecule has 0 saturated carbocycles. The number of carbonyl (C=O) groups excluding carboxylic acids is 1. The molecule has 7 heteroatoms. The van der Waals surface area contributed by atoms with Crippen LogP contribution in [0.2, 0.25) is 0 Å². The van der Waals surface area contributed by atoms with E-state index in [1.54, 1.807) is 4.90 Å². The summed E-state index contributed by atoms with van der Waals surface area (Å²) in [5.41, 5.74) is 0.358. The van der Waals surface area contributed by atoms with Gasteiger partial charge in [0.25, 0.3) is 0 Å². The number of carbonyl (C=O) groups is 1. The number of aldehydes is 1. The van der Waals surface area contributed by atoms with Crippen molar-refractivity contribution < 1.29 is 18.0 Å². The summed E-state index contributed by atoms with van der Waals surface area (Å²) < 4.78 is 38.6. The van der Waals surface area contributed by atoms with E-state index < -0.39 is 12.1 Å². The fourth-order valence-corrected chi connectivity index (χ4v) is 3.62. The maximum Gasteiger partial charge on any atom is 0.393 e. The Morgan fingerprint density at radius 2 is 2.00 bits per heavy atom. The van der Waals surface area contributed by atoms with Crippen LogP contribution in [-0.4, -0.2) is 30.5 Å². The van der Waals surface area contributed by atoms with Crippen LogP contribution in [0.25, 0.3) is 0 Å². The van der Waals surface area contributed by atoms with Gasteiger partial charge >= 0.3 is 6.18 Å². The molecule has 1 atom stereocenters. The molecule has 1 unspecified atom stereocenters. The lowest BCUT2D eigenvalue weighted by Gasteiger charge is -2.33. The van der Waals surface area contributed by atoms with Gasteiger partial charge in [-0.25, -0.2) is 4.98 Å². The molecule has 0 amide bonds. The number of piperidine rings is 1. The zero-order chi connectivity index (χ0) is 15.8. The topological polar surface area (TPSA) is 33.2 Å². The predicted molar refractivity (Wildman–Crippen MR) is 77.2 cm³/mol. The lowest BCUT2D eigenvalue weighted by Crippen LogP contribution is -2.41. The van der Waals surface area contributed by atoms with Crippen LogP contribution < -0.4 is 4.90 Å². The summed E-state index contributed by atoms with van der Waals surface area (Å²) in [5.74, 6) is -1.31. The average Bonchev–Trinajstić information content (AvgIpc) is 2.82. The summed E-state index contributed by atoms with van der Waals surface area (Å²) in [6, 6.07) is 0. The van der Waals surface area contributed by atoms with Crippen molar-refractivity contribution in [3.63, 3.8) is 0 Å². The summed E-state index contributed by atoms with van der Waals surface area (Å²) in [4.78, 5) is 17.8. The molecule has 0 N–H and O–H groups in total. The number of hydrogen-bond donors (Lipinski definition) is 0. The van der Waals surface area contributed by atoms with Crippen molar-refractivity contribution in [1.29, 1.82) is 0 Å². The van der Waals surface area contributed by atoms with Crippen molar-refractivity contribution in [2.24, 2.45) is 5.92 Å². The van der Waals surface area contributed by atoms with Crippen LogP contribution in [0.4, 0.5) is 18.3 Å². The minimum atomic E-state index is -4.17. The quantitative estimate of drug-likeness (QED) is 0.771. The Morgan fingerprint density at radius 3 is 2.48 bits per heavy atom. The molecule has 2 heterocycles. The molecule has 1 aromatic rings. The molecule has 1 aliphatic rings. The van der Waals surface area contributed by atoms with Crippen LogP contribution in [-0.2, 0) is 5.41 Å². The normalized spacial score (nSPS) is 20.7. The Morgan fingerprint density at radius 1 is 1.33 bits per heavy atom. The molecule has 21 heavy (non-hydrogen) atoms. The first-order valence-corrected chi connectivity index (χ1v) is 7.72. The molecule has 1 saturated heterocycles. The zero-order valence-corrected chi connectivity index (χ0v) is 13.1. The number of alkyl halides is 3. The van der Waals surface area contributed by atoms with Gasteiger partial charge in [0.2, 0.25) is 0 Å². The predicted octanol–water partition coefficient (Wildman–Crippen LogP) is 4.03. The third kappa shape index (κ3) is 3.56. The standard InChI is InChI=1S/C14H19F3N2OS/c1-13(2,3)11-10(8-20)21-12(18-11)19-6-4-5-9(7-19)14(15,16)17/h8-9H,4-7H2,1-3H3. The highest BCUT2D eigenvalue weighted by Gasteiger charge is 2.42. The van der Waals surface area contributed by atoms with E-state index in [1.807, 2.05) is 20.8 Å². The third-order valence-electron chi connectivity index (χ3n) is 3.61. The first kappa shape index (κ1) is 16.3. The first-order valence-electron chi connectivity index (χ1n) is 6.91. The number of halogens is 3. The maximum atomic E-state index is 12.9. The third-order valence-corrected chi connectivity index (χ3v) is 4.66. The Labute approximate surface area is 126 Å². The molecular weight excluding hydrogens is 301 g/mol. The van der Waals surface area contributed by atoms with E-state index in [0.29, 0.717) is 28.7 Å². The molecule has 1 fully saturated rings. The molecule has 1 aliphatic heterocycles. The van der Waals surface area contributed by atoms with Gasteiger partial charge in [0.1, 0.15) is 0 Å². The van der Waals surface area contributed by atoms with Crippen LogP contribution in [0.3, 0.4) is 0 Å². The summed E-state index contributed by atoms with van der Waals surface area (Å²) >= 11 is 1.18. The molecule has 3 nitrogen and oxygen atoms in total. The highest BCUT2D eigenvalue weighted by atomic mass is 32.1. The number of rotatable bonds is 2. The lowest BCUT2D eigenvalue weighted by atomic mass is 9.91. The highest BCUT2D eigenvalue weighted by molar-refractivity contribution is 7.17. The summed E-state index contributed by atoms with van der Waals surface area (Å²) in [5, 5.41) is 0.524. The molecule has 0 bridgehead atoms. The number of thiazole rings is 1. The van der Waals surface area contributed by atoms with E-state index in [4.69, 9.17) is 0 Å². The van der Waals surface area contributed by atoms with Gasteiger partial charge in [0.05, 0.1) is 16.5 Å². The second-order valence-electron chi connectivity index (χ2n) is 6.40. The minimum absolute atomic E-state index is 0.0705. The van der Waals surface area contributed by atoms with Gasteiger partial charge in [-0.2, -0.15) is 13.2 Å². The molecule has 0 aromatic carbocycles. The van der Waals surface area contributed by atoms with Gasteiger partial charge in [-0.15, -0.1) is 0 Å². The van der Waals surface area contributed by atoms with Gasteiger partial charge in [-0.05, 0) is 12.8 Å². The molecule has 0 radical (unpaired) electrons. The molecule has 0 spiro atoms. The molecule has 0 aliphatic carbocycles. The smallest absolute Gasteiger partial charge is 0.347 e. The largest absolute Gasteiger partial charge is 0.393 e. The summed E-state index contributed by atoms with van der Waals surface area (Å²) in [6.45, 7) is 6.30. The van der Waals surface area contributed by atoms with Crippen molar-refractivity contribution in [2.45, 2.75) is 45.2 Å². The maximum absolute atomic E-state index is 12.9. The number of hydrogen-bond acceptors (Lipinski definition) is 4. The van der Waals surface area contributed by atoms with E-state index in [1.165, 1.54) is 11.3 Å². The van der Waals surface area contributed by atoms with Gasteiger partial charge in [0, 0.05) is 18.5 Å². The molecule has 2 rings (SSSR count). The first-order chi connectivity index (χ1) is 9.63. The lowest BCUT2D eigenvalue weighted by molar-refractivity contribution is -0.175.